The third-order valence-corrected chi connectivity index (χ3v) is 7.14. The van der Waals surface area contributed by atoms with Crippen LogP contribution in [0.15, 0.2) is 71.7 Å². The van der Waals surface area contributed by atoms with Crippen LogP contribution in [-0.4, -0.2) is 32.9 Å². The third kappa shape index (κ3) is 4.73. The van der Waals surface area contributed by atoms with Gasteiger partial charge < -0.3 is 5.32 Å². The lowest BCUT2D eigenvalue weighted by Crippen LogP contribution is -2.25. The summed E-state index contributed by atoms with van der Waals surface area (Å²) in [5, 5.41) is 13.1. The third-order valence-electron chi connectivity index (χ3n) is 6.24. The van der Waals surface area contributed by atoms with Gasteiger partial charge in [-0.05, 0) is 54.8 Å². The van der Waals surface area contributed by atoms with Crippen molar-refractivity contribution in [1.82, 2.24) is 20.1 Å². The molecule has 1 aromatic heterocycles. The maximum Gasteiger partial charge on any atom is 0.222 e. The van der Waals surface area contributed by atoms with E-state index in [-0.39, 0.29) is 12.3 Å². The Bertz CT molecular complexity index is 1440. The van der Waals surface area contributed by atoms with Crippen LogP contribution >= 0.6 is 27.5 Å². The molecule has 0 fully saturated rings. The molecule has 182 valence electrons. The summed E-state index contributed by atoms with van der Waals surface area (Å²) in [6, 6.07) is 22.0. The molecule has 1 unspecified atom stereocenters. The van der Waals surface area contributed by atoms with E-state index in [1.54, 1.807) is 0 Å². The van der Waals surface area contributed by atoms with Gasteiger partial charge in [-0.1, -0.05) is 70.0 Å². The van der Waals surface area contributed by atoms with E-state index in [1.807, 2.05) is 42.7 Å². The molecule has 1 aliphatic heterocycles. The van der Waals surface area contributed by atoms with E-state index in [4.69, 9.17) is 16.6 Å². The van der Waals surface area contributed by atoms with Crippen molar-refractivity contribution in [3.8, 4) is 16.8 Å². The fourth-order valence-electron chi connectivity index (χ4n) is 4.48. The normalized spacial score (nSPS) is 14.4. The SMILES string of the molecule is CCNC(=O)CC1N=C(c2ccc(Cl)cc2)c2cc(-c3ccc(CBr)cc3)ccc2-n2c(C)nnc21. The first-order valence-corrected chi connectivity index (χ1v) is 13.3. The lowest BCUT2D eigenvalue weighted by molar-refractivity contribution is -0.121. The topological polar surface area (TPSA) is 72.2 Å². The number of carbonyl (C=O) groups excluding carboxylic acids is 1. The minimum Gasteiger partial charge on any atom is -0.356 e. The number of nitrogens with zero attached hydrogens (tertiary/aromatic N) is 4. The Labute approximate surface area is 223 Å². The first kappa shape index (κ1) is 24.4. The largest absolute Gasteiger partial charge is 0.356 e. The molecule has 6 nitrogen and oxygen atoms in total. The second-order valence-electron chi connectivity index (χ2n) is 8.66. The number of aromatic nitrogens is 3. The highest BCUT2D eigenvalue weighted by atomic mass is 79.9. The van der Waals surface area contributed by atoms with Crippen molar-refractivity contribution in [3.05, 3.63) is 100 Å². The average Bonchev–Trinajstić information content (AvgIpc) is 3.21. The summed E-state index contributed by atoms with van der Waals surface area (Å²) in [5.41, 5.74) is 6.99. The molecular formula is C28H25BrClN5O. The van der Waals surface area contributed by atoms with Crippen LogP contribution in [0.3, 0.4) is 0 Å². The standard InChI is InChI=1S/C28H25BrClN5O/c1-3-31-26(36)15-24-28-34-33-17(2)35(28)25-13-10-21(19-6-4-18(16-29)5-7-19)14-23(25)27(32-24)20-8-11-22(30)12-9-20/h4-14,24H,3,15-16H2,1-2H3,(H,31,36). The van der Waals surface area contributed by atoms with Crippen LogP contribution in [0.2, 0.25) is 5.02 Å². The van der Waals surface area contributed by atoms with Crippen LogP contribution in [0, 0.1) is 6.92 Å². The highest BCUT2D eigenvalue weighted by Gasteiger charge is 2.29. The quantitative estimate of drug-likeness (QED) is 0.284. The van der Waals surface area contributed by atoms with E-state index in [1.165, 1.54) is 5.56 Å². The van der Waals surface area contributed by atoms with E-state index in [0.29, 0.717) is 17.4 Å². The number of nitrogens with one attached hydrogen (secondary N) is 1. The van der Waals surface area contributed by atoms with Gasteiger partial charge in [0.1, 0.15) is 11.9 Å². The summed E-state index contributed by atoms with van der Waals surface area (Å²) in [6.45, 7) is 4.38. The van der Waals surface area contributed by atoms with Crippen molar-refractivity contribution in [1.29, 1.82) is 0 Å². The molecule has 1 amide bonds. The highest BCUT2D eigenvalue weighted by Crippen LogP contribution is 2.35. The molecule has 5 rings (SSSR count). The monoisotopic (exact) mass is 561 g/mol. The van der Waals surface area contributed by atoms with Gasteiger partial charge in [0.05, 0.1) is 17.8 Å². The van der Waals surface area contributed by atoms with Crippen molar-refractivity contribution in [3.63, 3.8) is 0 Å². The molecule has 0 bridgehead atoms. The molecule has 0 spiro atoms. The second-order valence-corrected chi connectivity index (χ2v) is 9.66. The molecule has 1 N–H and O–H groups in total. The molecule has 3 aromatic carbocycles. The van der Waals surface area contributed by atoms with Crippen LogP contribution in [0.4, 0.5) is 0 Å². The van der Waals surface area contributed by atoms with E-state index in [2.05, 4.69) is 73.9 Å². The molecule has 4 aromatic rings. The lowest BCUT2D eigenvalue weighted by atomic mass is 9.95. The summed E-state index contributed by atoms with van der Waals surface area (Å²) in [5.74, 6) is 1.32. The molecule has 1 aliphatic rings. The summed E-state index contributed by atoms with van der Waals surface area (Å²) in [4.78, 5) is 17.8. The average molecular weight is 563 g/mol. The fraction of sp³-hybridized carbons (Fsp3) is 0.214. The van der Waals surface area contributed by atoms with Crippen molar-refractivity contribution >= 4 is 39.1 Å². The first-order chi connectivity index (χ1) is 17.5. The van der Waals surface area contributed by atoms with Crippen LogP contribution in [0.5, 0.6) is 0 Å². The molecule has 0 saturated heterocycles. The van der Waals surface area contributed by atoms with Gasteiger partial charge in [-0.25, -0.2) is 0 Å². The molecule has 0 saturated carbocycles. The molecule has 1 atom stereocenters. The van der Waals surface area contributed by atoms with E-state index >= 15 is 0 Å². The van der Waals surface area contributed by atoms with E-state index < -0.39 is 6.04 Å². The zero-order valence-corrected chi connectivity index (χ0v) is 22.3. The number of hydrogen-bond acceptors (Lipinski definition) is 4. The van der Waals surface area contributed by atoms with Gasteiger partial charge in [0, 0.05) is 28.0 Å². The Morgan fingerprint density at radius 3 is 2.39 bits per heavy atom. The number of aliphatic imine (C=N–C) groups is 1. The number of aryl methyl sites for hydroxylation is 1. The highest BCUT2D eigenvalue weighted by molar-refractivity contribution is 9.08. The lowest BCUT2D eigenvalue weighted by Gasteiger charge is -2.15. The number of amides is 1. The molecule has 2 heterocycles. The fourth-order valence-corrected chi connectivity index (χ4v) is 4.98. The summed E-state index contributed by atoms with van der Waals surface area (Å²) >= 11 is 9.72. The Kier molecular flexibility index (Phi) is 7.03. The predicted molar refractivity (Wildman–Crippen MR) is 147 cm³/mol. The molecule has 8 heteroatoms. The Morgan fingerprint density at radius 1 is 1.00 bits per heavy atom. The van der Waals surface area contributed by atoms with Crippen molar-refractivity contribution < 1.29 is 4.79 Å². The molecular weight excluding hydrogens is 538 g/mol. The number of hydrogen-bond donors (Lipinski definition) is 1. The number of rotatable bonds is 6. The number of carbonyl (C=O) groups is 1. The Balaban J connectivity index is 1.72. The van der Waals surface area contributed by atoms with Gasteiger partial charge in [-0.2, -0.15) is 0 Å². The van der Waals surface area contributed by atoms with Crippen LogP contribution in [-0.2, 0) is 10.1 Å². The summed E-state index contributed by atoms with van der Waals surface area (Å²) in [7, 11) is 0. The number of benzene rings is 3. The molecule has 36 heavy (non-hydrogen) atoms. The van der Waals surface area contributed by atoms with Crippen LogP contribution < -0.4 is 5.32 Å². The first-order valence-electron chi connectivity index (χ1n) is 11.8. The predicted octanol–water partition coefficient (Wildman–Crippen LogP) is 6.21. The summed E-state index contributed by atoms with van der Waals surface area (Å²) in [6.07, 6.45) is 0.178. The van der Waals surface area contributed by atoms with E-state index in [0.717, 1.165) is 44.8 Å². The van der Waals surface area contributed by atoms with Gasteiger partial charge in [0.25, 0.3) is 0 Å². The Hall–Kier alpha value is -3.29. The molecule has 0 aliphatic carbocycles. The maximum atomic E-state index is 12.6. The maximum absolute atomic E-state index is 12.6. The van der Waals surface area contributed by atoms with Gasteiger partial charge >= 0.3 is 0 Å². The smallest absolute Gasteiger partial charge is 0.222 e. The van der Waals surface area contributed by atoms with Gasteiger partial charge in [0.15, 0.2) is 5.82 Å². The second kappa shape index (κ2) is 10.4. The summed E-state index contributed by atoms with van der Waals surface area (Å²) < 4.78 is 2.02. The van der Waals surface area contributed by atoms with Crippen LogP contribution in [0.25, 0.3) is 16.8 Å². The van der Waals surface area contributed by atoms with Crippen molar-refractivity contribution in [2.75, 3.05) is 6.54 Å². The van der Waals surface area contributed by atoms with Gasteiger partial charge in [-0.3, -0.25) is 14.4 Å². The van der Waals surface area contributed by atoms with E-state index in [9.17, 15) is 4.79 Å². The van der Waals surface area contributed by atoms with Gasteiger partial charge in [0.2, 0.25) is 5.91 Å². The number of alkyl halides is 1. The minimum atomic E-state index is -0.488. The zero-order valence-electron chi connectivity index (χ0n) is 20.0. The minimum absolute atomic E-state index is 0.0764. The Morgan fingerprint density at radius 2 is 1.69 bits per heavy atom. The molecule has 0 radical (unpaired) electrons. The van der Waals surface area contributed by atoms with Crippen molar-refractivity contribution in [2.24, 2.45) is 4.99 Å². The number of halogens is 2. The van der Waals surface area contributed by atoms with Crippen molar-refractivity contribution in [2.45, 2.75) is 31.6 Å². The van der Waals surface area contributed by atoms with Crippen LogP contribution in [0.1, 0.15) is 47.7 Å². The number of fused-ring (bicyclic) bond motifs is 3. The zero-order chi connectivity index (χ0) is 25.2. The van der Waals surface area contributed by atoms with Gasteiger partial charge in [-0.15, -0.1) is 10.2 Å².